The fourth-order valence-electron chi connectivity index (χ4n) is 2.68. The van der Waals surface area contributed by atoms with Crippen LogP contribution in [0.3, 0.4) is 0 Å². The number of hydrogen-bond acceptors (Lipinski definition) is 3. The smallest absolute Gasteiger partial charge is 0.161 e. The predicted octanol–water partition coefficient (Wildman–Crippen LogP) is 5.53. The molecule has 25 heavy (non-hydrogen) atoms. The van der Waals surface area contributed by atoms with E-state index in [1.807, 2.05) is 54.6 Å². The van der Waals surface area contributed by atoms with E-state index in [0.717, 1.165) is 27.9 Å². The van der Waals surface area contributed by atoms with E-state index in [0.29, 0.717) is 11.0 Å². The fraction of sp³-hybridized carbons (Fsp3) is 0. The molecule has 0 bridgehead atoms. The van der Waals surface area contributed by atoms with Gasteiger partial charge in [0.05, 0.1) is 5.69 Å². The van der Waals surface area contributed by atoms with Crippen molar-refractivity contribution in [3.05, 3.63) is 90.3 Å². The molecule has 0 unspecified atom stereocenters. The SMILES string of the molecule is Clc1cc(-c2cccc(-c3ccncc3)c2)nc(-c2ccccc2)n1. The number of pyridine rings is 1. The van der Waals surface area contributed by atoms with Crippen molar-refractivity contribution in [1.29, 1.82) is 0 Å². The maximum Gasteiger partial charge on any atom is 0.161 e. The highest BCUT2D eigenvalue weighted by molar-refractivity contribution is 6.29. The van der Waals surface area contributed by atoms with Gasteiger partial charge >= 0.3 is 0 Å². The van der Waals surface area contributed by atoms with Gasteiger partial charge in [-0.05, 0) is 29.3 Å². The van der Waals surface area contributed by atoms with Gasteiger partial charge in [0.25, 0.3) is 0 Å². The van der Waals surface area contributed by atoms with Gasteiger partial charge in [-0.3, -0.25) is 4.98 Å². The molecule has 4 rings (SSSR count). The first-order chi connectivity index (χ1) is 12.3. The van der Waals surface area contributed by atoms with Crippen molar-refractivity contribution in [3.63, 3.8) is 0 Å². The zero-order chi connectivity index (χ0) is 17.1. The first kappa shape index (κ1) is 15.5. The van der Waals surface area contributed by atoms with E-state index in [4.69, 9.17) is 16.6 Å². The molecular formula is C21H14ClN3. The quantitative estimate of drug-likeness (QED) is 0.459. The molecule has 120 valence electrons. The maximum atomic E-state index is 6.25. The lowest BCUT2D eigenvalue weighted by Gasteiger charge is -2.08. The molecule has 4 aromatic rings. The summed E-state index contributed by atoms with van der Waals surface area (Å²) in [6.07, 6.45) is 3.58. The van der Waals surface area contributed by atoms with Gasteiger partial charge in [-0.25, -0.2) is 9.97 Å². The summed E-state index contributed by atoms with van der Waals surface area (Å²) >= 11 is 6.25. The second-order valence-corrected chi connectivity index (χ2v) is 5.97. The molecule has 0 aliphatic heterocycles. The lowest BCUT2D eigenvalue weighted by atomic mass is 10.0. The van der Waals surface area contributed by atoms with Crippen molar-refractivity contribution in [1.82, 2.24) is 15.0 Å². The molecule has 0 aliphatic carbocycles. The van der Waals surface area contributed by atoms with Gasteiger partial charge in [0.2, 0.25) is 0 Å². The highest BCUT2D eigenvalue weighted by Gasteiger charge is 2.08. The molecule has 0 fully saturated rings. The summed E-state index contributed by atoms with van der Waals surface area (Å²) in [7, 11) is 0. The summed E-state index contributed by atoms with van der Waals surface area (Å²) in [6.45, 7) is 0. The van der Waals surface area contributed by atoms with E-state index in [9.17, 15) is 0 Å². The molecule has 2 aromatic heterocycles. The third kappa shape index (κ3) is 3.42. The average molecular weight is 344 g/mol. The second kappa shape index (κ2) is 6.83. The molecule has 0 radical (unpaired) electrons. The lowest BCUT2D eigenvalue weighted by Crippen LogP contribution is -1.93. The van der Waals surface area contributed by atoms with Crippen LogP contribution in [0.2, 0.25) is 5.15 Å². The summed E-state index contributed by atoms with van der Waals surface area (Å²) in [4.78, 5) is 13.1. The average Bonchev–Trinajstić information content (AvgIpc) is 2.69. The van der Waals surface area contributed by atoms with Crippen LogP contribution in [0.15, 0.2) is 85.2 Å². The van der Waals surface area contributed by atoms with Gasteiger partial charge < -0.3 is 0 Å². The van der Waals surface area contributed by atoms with Crippen LogP contribution in [-0.2, 0) is 0 Å². The van der Waals surface area contributed by atoms with Crippen molar-refractivity contribution in [2.75, 3.05) is 0 Å². The third-order valence-electron chi connectivity index (χ3n) is 3.90. The zero-order valence-corrected chi connectivity index (χ0v) is 14.1. The van der Waals surface area contributed by atoms with E-state index in [-0.39, 0.29) is 0 Å². The Hall–Kier alpha value is -3.04. The van der Waals surface area contributed by atoms with Crippen LogP contribution in [-0.4, -0.2) is 15.0 Å². The second-order valence-electron chi connectivity index (χ2n) is 5.58. The summed E-state index contributed by atoms with van der Waals surface area (Å²) in [5, 5.41) is 0.429. The Kier molecular flexibility index (Phi) is 4.23. The highest BCUT2D eigenvalue weighted by Crippen LogP contribution is 2.28. The molecule has 0 saturated heterocycles. The maximum absolute atomic E-state index is 6.25. The summed E-state index contributed by atoms with van der Waals surface area (Å²) in [5.74, 6) is 0.623. The van der Waals surface area contributed by atoms with Gasteiger partial charge in [0.1, 0.15) is 5.15 Å². The van der Waals surface area contributed by atoms with Crippen LogP contribution in [0, 0.1) is 0 Å². The molecule has 0 N–H and O–H groups in total. The van der Waals surface area contributed by atoms with Crippen molar-refractivity contribution in [3.8, 4) is 33.8 Å². The Morgan fingerprint density at radius 1 is 0.600 bits per heavy atom. The molecule has 0 spiro atoms. The number of halogens is 1. The number of rotatable bonds is 3. The van der Waals surface area contributed by atoms with Crippen LogP contribution in [0.1, 0.15) is 0 Å². The lowest BCUT2D eigenvalue weighted by molar-refractivity contribution is 1.18. The van der Waals surface area contributed by atoms with E-state index >= 15 is 0 Å². The topological polar surface area (TPSA) is 38.7 Å². The Morgan fingerprint density at radius 2 is 1.32 bits per heavy atom. The Balaban J connectivity index is 1.79. The first-order valence-corrected chi connectivity index (χ1v) is 8.28. The number of hydrogen-bond donors (Lipinski definition) is 0. The monoisotopic (exact) mass is 343 g/mol. The number of aromatic nitrogens is 3. The van der Waals surface area contributed by atoms with Crippen LogP contribution >= 0.6 is 11.6 Å². The van der Waals surface area contributed by atoms with Crippen molar-refractivity contribution in [2.24, 2.45) is 0 Å². The van der Waals surface area contributed by atoms with Crippen molar-refractivity contribution in [2.45, 2.75) is 0 Å². The minimum absolute atomic E-state index is 0.429. The molecule has 0 saturated carbocycles. The molecule has 2 heterocycles. The molecular weight excluding hydrogens is 330 g/mol. The third-order valence-corrected chi connectivity index (χ3v) is 4.09. The fourth-order valence-corrected chi connectivity index (χ4v) is 2.87. The minimum Gasteiger partial charge on any atom is -0.265 e. The zero-order valence-electron chi connectivity index (χ0n) is 13.3. The molecule has 0 atom stereocenters. The standard InChI is InChI=1S/C21H14ClN3/c22-20-14-19(24-21(25-20)16-5-2-1-3-6-16)18-8-4-7-17(13-18)15-9-11-23-12-10-15/h1-14H. The van der Waals surface area contributed by atoms with E-state index < -0.39 is 0 Å². The van der Waals surface area contributed by atoms with Crippen LogP contribution in [0.25, 0.3) is 33.8 Å². The van der Waals surface area contributed by atoms with Gasteiger partial charge in [0, 0.05) is 29.6 Å². The van der Waals surface area contributed by atoms with E-state index in [1.54, 1.807) is 18.5 Å². The van der Waals surface area contributed by atoms with Crippen LogP contribution < -0.4 is 0 Å². The molecule has 0 aliphatic rings. The van der Waals surface area contributed by atoms with Crippen molar-refractivity contribution < 1.29 is 0 Å². The van der Waals surface area contributed by atoms with Gasteiger partial charge in [0.15, 0.2) is 5.82 Å². The largest absolute Gasteiger partial charge is 0.265 e. The first-order valence-electron chi connectivity index (χ1n) is 7.90. The Morgan fingerprint density at radius 3 is 2.12 bits per heavy atom. The van der Waals surface area contributed by atoms with Gasteiger partial charge in [-0.2, -0.15) is 0 Å². The number of nitrogens with zero attached hydrogens (tertiary/aromatic N) is 3. The molecule has 4 heteroatoms. The Bertz CT molecular complexity index is 1000. The molecule has 3 nitrogen and oxygen atoms in total. The van der Waals surface area contributed by atoms with Crippen LogP contribution in [0.4, 0.5) is 0 Å². The normalized spacial score (nSPS) is 10.6. The highest BCUT2D eigenvalue weighted by atomic mass is 35.5. The van der Waals surface area contributed by atoms with Gasteiger partial charge in [-0.15, -0.1) is 0 Å². The summed E-state index contributed by atoms with van der Waals surface area (Å²) in [6, 6.07) is 23.8. The predicted molar refractivity (Wildman–Crippen MR) is 101 cm³/mol. The van der Waals surface area contributed by atoms with Crippen LogP contribution in [0.5, 0.6) is 0 Å². The van der Waals surface area contributed by atoms with Gasteiger partial charge in [-0.1, -0.05) is 60.1 Å². The van der Waals surface area contributed by atoms with Crippen molar-refractivity contribution >= 4 is 11.6 Å². The van der Waals surface area contributed by atoms with E-state index in [1.165, 1.54) is 0 Å². The summed E-state index contributed by atoms with van der Waals surface area (Å²) < 4.78 is 0. The Labute approximate surface area is 151 Å². The minimum atomic E-state index is 0.429. The van der Waals surface area contributed by atoms with E-state index in [2.05, 4.69) is 22.1 Å². The molecule has 0 amide bonds. The summed E-state index contributed by atoms with van der Waals surface area (Å²) in [5.41, 5.74) is 4.96. The number of benzene rings is 2. The molecule has 2 aromatic carbocycles.